The van der Waals surface area contributed by atoms with Crippen molar-refractivity contribution in [3.8, 4) is 5.75 Å². The van der Waals surface area contributed by atoms with Crippen molar-refractivity contribution in [1.29, 1.82) is 0 Å². The lowest BCUT2D eigenvalue weighted by molar-refractivity contribution is -0.140. The average molecular weight is 394 g/mol. The zero-order valence-electron chi connectivity index (χ0n) is 17.0. The van der Waals surface area contributed by atoms with Crippen molar-refractivity contribution in [3.63, 3.8) is 0 Å². The minimum absolute atomic E-state index is 0.00423. The first kappa shape index (κ1) is 20.6. The van der Waals surface area contributed by atoms with E-state index in [1.807, 2.05) is 44.2 Å². The van der Waals surface area contributed by atoms with Gasteiger partial charge in [0.15, 0.2) is 0 Å². The van der Waals surface area contributed by atoms with E-state index in [1.165, 1.54) is 4.90 Å². The van der Waals surface area contributed by atoms with Crippen molar-refractivity contribution in [2.75, 3.05) is 12.0 Å². The van der Waals surface area contributed by atoms with Crippen LogP contribution in [-0.4, -0.2) is 41.8 Å². The Hall–Kier alpha value is -3.15. The van der Waals surface area contributed by atoms with E-state index in [2.05, 4.69) is 0 Å². The van der Waals surface area contributed by atoms with Crippen molar-refractivity contribution < 1.29 is 19.1 Å². The number of methoxy groups -OCH3 is 1. The zero-order chi connectivity index (χ0) is 21.0. The maximum atomic E-state index is 13.2. The molecular weight excluding hydrogens is 368 g/mol. The molecule has 0 aliphatic carbocycles. The molecule has 1 saturated heterocycles. The number of amides is 3. The van der Waals surface area contributed by atoms with Crippen LogP contribution < -0.4 is 9.64 Å². The van der Waals surface area contributed by atoms with E-state index in [-0.39, 0.29) is 36.6 Å². The monoisotopic (exact) mass is 394 g/mol. The van der Waals surface area contributed by atoms with E-state index in [9.17, 15) is 14.4 Å². The third-order valence-corrected chi connectivity index (χ3v) is 5.34. The average Bonchev–Trinajstić information content (AvgIpc) is 3.02. The van der Waals surface area contributed by atoms with E-state index in [0.717, 1.165) is 5.56 Å². The second-order valence-corrected chi connectivity index (χ2v) is 7.21. The molecule has 2 atom stereocenters. The van der Waals surface area contributed by atoms with E-state index in [1.54, 1.807) is 36.3 Å². The number of carbonyl (C=O) groups is 3. The summed E-state index contributed by atoms with van der Waals surface area (Å²) in [4.78, 5) is 41.7. The van der Waals surface area contributed by atoms with Gasteiger partial charge in [-0.3, -0.25) is 14.4 Å². The Morgan fingerprint density at radius 1 is 1.14 bits per heavy atom. The molecular formula is C23H26N2O4. The molecule has 6 nitrogen and oxygen atoms in total. The Labute approximate surface area is 171 Å². The van der Waals surface area contributed by atoms with E-state index < -0.39 is 6.04 Å². The Morgan fingerprint density at radius 2 is 1.79 bits per heavy atom. The van der Waals surface area contributed by atoms with Crippen LogP contribution in [0.2, 0.25) is 0 Å². The van der Waals surface area contributed by atoms with Gasteiger partial charge in [0, 0.05) is 6.04 Å². The molecule has 0 spiro atoms. The lowest BCUT2D eigenvalue weighted by Gasteiger charge is -2.33. The summed E-state index contributed by atoms with van der Waals surface area (Å²) in [6.45, 7) is 3.88. The standard InChI is InChI=1S/C23H26N2O4/c1-4-16(2)24(21(26)14-17-8-6-5-7-9-17)20-15-22(27)25(23(20)28)18-10-12-19(29-3)13-11-18/h5-13,16,20H,4,14-15H2,1-3H3. The highest BCUT2D eigenvalue weighted by Gasteiger charge is 2.45. The highest BCUT2D eigenvalue weighted by molar-refractivity contribution is 6.23. The molecule has 29 heavy (non-hydrogen) atoms. The lowest BCUT2D eigenvalue weighted by atomic mass is 10.1. The molecule has 0 N–H and O–H groups in total. The van der Waals surface area contributed by atoms with E-state index >= 15 is 0 Å². The number of ether oxygens (including phenoxy) is 1. The molecule has 6 heteroatoms. The van der Waals surface area contributed by atoms with Crippen molar-refractivity contribution in [2.45, 2.75) is 45.2 Å². The van der Waals surface area contributed by atoms with Gasteiger partial charge in [0.05, 0.1) is 25.6 Å². The molecule has 0 saturated carbocycles. The molecule has 1 aliphatic rings. The van der Waals surface area contributed by atoms with Gasteiger partial charge in [-0.05, 0) is 43.2 Å². The van der Waals surface area contributed by atoms with Crippen molar-refractivity contribution in [2.24, 2.45) is 0 Å². The number of imide groups is 1. The number of hydrogen-bond acceptors (Lipinski definition) is 4. The van der Waals surface area contributed by atoms with Crippen LogP contribution in [0.15, 0.2) is 54.6 Å². The minimum Gasteiger partial charge on any atom is -0.497 e. The van der Waals surface area contributed by atoms with Gasteiger partial charge in [0.1, 0.15) is 11.8 Å². The summed E-state index contributed by atoms with van der Waals surface area (Å²) in [5.41, 5.74) is 1.37. The molecule has 1 aliphatic heterocycles. The third kappa shape index (κ3) is 4.31. The van der Waals surface area contributed by atoms with Crippen LogP contribution in [0.5, 0.6) is 5.75 Å². The molecule has 0 aromatic heterocycles. The largest absolute Gasteiger partial charge is 0.497 e. The number of nitrogens with zero attached hydrogens (tertiary/aromatic N) is 2. The minimum atomic E-state index is -0.782. The Morgan fingerprint density at radius 3 is 2.38 bits per heavy atom. The van der Waals surface area contributed by atoms with Gasteiger partial charge in [-0.25, -0.2) is 4.90 Å². The van der Waals surface area contributed by atoms with Crippen LogP contribution >= 0.6 is 0 Å². The first-order chi connectivity index (χ1) is 14.0. The number of rotatable bonds is 7. The van der Waals surface area contributed by atoms with Gasteiger partial charge in [-0.2, -0.15) is 0 Å². The molecule has 0 bridgehead atoms. The number of anilines is 1. The van der Waals surface area contributed by atoms with Gasteiger partial charge in [-0.1, -0.05) is 37.3 Å². The summed E-state index contributed by atoms with van der Waals surface area (Å²) >= 11 is 0. The molecule has 1 heterocycles. The summed E-state index contributed by atoms with van der Waals surface area (Å²) in [5, 5.41) is 0. The van der Waals surface area contributed by atoms with Gasteiger partial charge < -0.3 is 9.64 Å². The van der Waals surface area contributed by atoms with Crippen molar-refractivity contribution >= 4 is 23.4 Å². The summed E-state index contributed by atoms with van der Waals surface area (Å²) in [6.07, 6.45) is 0.891. The van der Waals surface area contributed by atoms with Crippen LogP contribution in [0.4, 0.5) is 5.69 Å². The van der Waals surface area contributed by atoms with Crippen LogP contribution in [-0.2, 0) is 20.8 Å². The van der Waals surface area contributed by atoms with Gasteiger partial charge >= 0.3 is 0 Å². The van der Waals surface area contributed by atoms with Crippen LogP contribution in [0.3, 0.4) is 0 Å². The molecule has 0 radical (unpaired) electrons. The maximum absolute atomic E-state index is 13.2. The van der Waals surface area contributed by atoms with Crippen molar-refractivity contribution in [3.05, 3.63) is 60.2 Å². The van der Waals surface area contributed by atoms with Crippen LogP contribution in [0.1, 0.15) is 32.3 Å². The zero-order valence-corrected chi connectivity index (χ0v) is 17.0. The number of hydrogen-bond donors (Lipinski definition) is 0. The third-order valence-electron chi connectivity index (χ3n) is 5.34. The second-order valence-electron chi connectivity index (χ2n) is 7.21. The molecule has 152 valence electrons. The fraction of sp³-hybridized carbons (Fsp3) is 0.348. The summed E-state index contributed by atoms with van der Waals surface area (Å²) < 4.78 is 5.14. The van der Waals surface area contributed by atoms with E-state index in [4.69, 9.17) is 4.74 Å². The molecule has 2 aromatic rings. The summed E-state index contributed by atoms with van der Waals surface area (Å²) in [6, 6.07) is 15.3. The lowest BCUT2D eigenvalue weighted by Crippen LogP contribution is -2.50. The fourth-order valence-electron chi connectivity index (χ4n) is 3.62. The maximum Gasteiger partial charge on any atom is 0.257 e. The SMILES string of the molecule is CCC(C)N(C(=O)Cc1ccccc1)C1CC(=O)N(c2ccc(OC)cc2)C1=O. The van der Waals surface area contributed by atoms with E-state index in [0.29, 0.717) is 17.9 Å². The topological polar surface area (TPSA) is 66.9 Å². The summed E-state index contributed by atoms with van der Waals surface area (Å²) in [7, 11) is 1.56. The summed E-state index contributed by atoms with van der Waals surface area (Å²) in [5.74, 6) is -0.162. The fourth-order valence-corrected chi connectivity index (χ4v) is 3.62. The number of benzene rings is 2. The predicted molar refractivity (Wildman–Crippen MR) is 111 cm³/mol. The highest BCUT2D eigenvalue weighted by atomic mass is 16.5. The predicted octanol–water partition coefficient (Wildman–Crippen LogP) is 3.20. The van der Waals surface area contributed by atoms with Crippen LogP contribution in [0.25, 0.3) is 0 Å². The second kappa shape index (κ2) is 8.90. The molecule has 3 rings (SSSR count). The molecule has 1 fully saturated rings. The molecule has 2 unspecified atom stereocenters. The Bertz CT molecular complexity index is 880. The highest BCUT2D eigenvalue weighted by Crippen LogP contribution is 2.29. The first-order valence-electron chi connectivity index (χ1n) is 9.82. The van der Waals surface area contributed by atoms with Gasteiger partial charge in [-0.15, -0.1) is 0 Å². The normalized spacial score (nSPS) is 17.3. The quantitative estimate of drug-likeness (QED) is 0.677. The Kier molecular flexibility index (Phi) is 6.32. The number of carbonyl (C=O) groups excluding carboxylic acids is 3. The van der Waals surface area contributed by atoms with Crippen molar-refractivity contribution in [1.82, 2.24) is 4.90 Å². The van der Waals surface area contributed by atoms with Gasteiger partial charge in [0.2, 0.25) is 11.8 Å². The first-order valence-corrected chi connectivity index (χ1v) is 9.82. The smallest absolute Gasteiger partial charge is 0.257 e. The van der Waals surface area contributed by atoms with Crippen LogP contribution in [0, 0.1) is 0 Å². The molecule has 3 amide bonds. The van der Waals surface area contributed by atoms with Gasteiger partial charge in [0.25, 0.3) is 5.91 Å². The molecule has 2 aromatic carbocycles. The Balaban J connectivity index is 1.85.